The lowest BCUT2D eigenvalue weighted by Gasteiger charge is -2.21. The summed E-state index contributed by atoms with van der Waals surface area (Å²) in [6.07, 6.45) is 3.20. The van der Waals surface area contributed by atoms with Gasteiger partial charge in [0.05, 0.1) is 31.7 Å². The Balaban J connectivity index is 2.08. The Morgan fingerprint density at radius 1 is 1.30 bits per heavy atom. The Morgan fingerprint density at radius 3 is 2.65 bits per heavy atom. The van der Waals surface area contributed by atoms with E-state index in [0.29, 0.717) is 24.3 Å². The van der Waals surface area contributed by atoms with Crippen LogP contribution in [-0.4, -0.2) is 30.6 Å². The number of urea groups is 1. The van der Waals surface area contributed by atoms with Crippen LogP contribution in [-0.2, 0) is 11.3 Å². The Kier molecular flexibility index (Phi) is 5.41. The minimum atomic E-state index is -0.402. The summed E-state index contributed by atoms with van der Waals surface area (Å²) in [5, 5.41) is 2.86. The first kappa shape index (κ1) is 16.6. The Hall–Kier alpha value is -2.76. The topological polar surface area (TPSA) is 71.8 Å². The zero-order valence-corrected chi connectivity index (χ0v) is 13.5. The molecule has 122 valence electrons. The van der Waals surface area contributed by atoms with Gasteiger partial charge in [0.1, 0.15) is 0 Å². The Bertz CT molecular complexity index is 680. The number of furan rings is 1. The molecular formula is C17H20N2O4. The van der Waals surface area contributed by atoms with Crippen molar-refractivity contribution in [2.45, 2.75) is 20.4 Å². The van der Waals surface area contributed by atoms with Crippen LogP contribution >= 0.6 is 0 Å². The minimum Gasteiger partial charge on any atom is -0.472 e. The molecule has 6 heteroatoms. The molecule has 1 aromatic carbocycles. The van der Waals surface area contributed by atoms with E-state index in [-0.39, 0.29) is 6.03 Å². The van der Waals surface area contributed by atoms with Crippen molar-refractivity contribution in [2.24, 2.45) is 0 Å². The van der Waals surface area contributed by atoms with Crippen LogP contribution < -0.4 is 5.32 Å². The number of nitrogens with one attached hydrogen (secondary N) is 1. The fourth-order valence-electron chi connectivity index (χ4n) is 2.17. The average Bonchev–Trinajstić information content (AvgIpc) is 3.06. The molecule has 0 bridgehead atoms. The summed E-state index contributed by atoms with van der Waals surface area (Å²) in [4.78, 5) is 25.6. The molecule has 23 heavy (non-hydrogen) atoms. The third kappa shape index (κ3) is 4.12. The highest BCUT2D eigenvalue weighted by Crippen LogP contribution is 2.18. The molecule has 1 N–H and O–H groups in total. The molecule has 6 nitrogen and oxygen atoms in total. The molecule has 0 saturated heterocycles. The monoisotopic (exact) mass is 316 g/mol. The van der Waals surface area contributed by atoms with Crippen LogP contribution in [0, 0.1) is 6.92 Å². The molecule has 1 heterocycles. The molecule has 0 radical (unpaired) electrons. The number of esters is 1. The van der Waals surface area contributed by atoms with Gasteiger partial charge in [0, 0.05) is 17.8 Å². The van der Waals surface area contributed by atoms with Gasteiger partial charge >= 0.3 is 12.0 Å². The second kappa shape index (κ2) is 7.49. The molecule has 0 atom stereocenters. The number of carbonyl (C=O) groups excluding carboxylic acids is 2. The van der Waals surface area contributed by atoms with Crippen molar-refractivity contribution in [2.75, 3.05) is 19.0 Å². The van der Waals surface area contributed by atoms with Crippen molar-refractivity contribution >= 4 is 17.7 Å². The van der Waals surface area contributed by atoms with Crippen LogP contribution in [0.2, 0.25) is 0 Å². The Labute approximate surface area is 135 Å². The first-order chi connectivity index (χ1) is 11.0. The smallest absolute Gasteiger partial charge is 0.337 e. The van der Waals surface area contributed by atoms with Crippen LogP contribution in [0.1, 0.15) is 28.4 Å². The summed E-state index contributed by atoms with van der Waals surface area (Å²) in [5.41, 5.74) is 2.84. The number of nitrogens with zero attached hydrogens (tertiary/aromatic N) is 1. The highest BCUT2D eigenvalue weighted by atomic mass is 16.5. The van der Waals surface area contributed by atoms with Gasteiger partial charge in [-0.2, -0.15) is 0 Å². The van der Waals surface area contributed by atoms with E-state index in [1.165, 1.54) is 7.11 Å². The van der Waals surface area contributed by atoms with Crippen LogP contribution in [0.3, 0.4) is 0 Å². The van der Waals surface area contributed by atoms with Gasteiger partial charge < -0.3 is 19.4 Å². The predicted molar refractivity (Wildman–Crippen MR) is 86.3 cm³/mol. The zero-order chi connectivity index (χ0) is 16.8. The number of aryl methyl sites for hydroxylation is 1. The normalized spacial score (nSPS) is 10.2. The number of hydrogen-bond donors (Lipinski definition) is 1. The number of carbonyl (C=O) groups is 2. The fraction of sp³-hybridized carbons (Fsp3) is 0.294. The second-order valence-electron chi connectivity index (χ2n) is 5.10. The van der Waals surface area contributed by atoms with E-state index >= 15 is 0 Å². The number of anilines is 1. The largest absolute Gasteiger partial charge is 0.472 e. The number of hydrogen-bond acceptors (Lipinski definition) is 4. The Morgan fingerprint density at radius 2 is 2.09 bits per heavy atom. The van der Waals surface area contributed by atoms with Crippen molar-refractivity contribution in [3.8, 4) is 0 Å². The molecule has 2 aromatic rings. The molecule has 1 aromatic heterocycles. The van der Waals surface area contributed by atoms with E-state index in [9.17, 15) is 9.59 Å². The van der Waals surface area contributed by atoms with Crippen molar-refractivity contribution in [3.05, 3.63) is 53.5 Å². The van der Waals surface area contributed by atoms with Crippen LogP contribution in [0.4, 0.5) is 10.5 Å². The number of methoxy groups -OCH3 is 1. The van der Waals surface area contributed by atoms with Gasteiger partial charge in [0.15, 0.2) is 0 Å². The van der Waals surface area contributed by atoms with Crippen LogP contribution in [0.5, 0.6) is 0 Å². The lowest BCUT2D eigenvalue weighted by molar-refractivity contribution is 0.0600. The van der Waals surface area contributed by atoms with Gasteiger partial charge in [-0.25, -0.2) is 9.59 Å². The number of rotatable bonds is 5. The van der Waals surface area contributed by atoms with Gasteiger partial charge in [-0.3, -0.25) is 0 Å². The fourth-order valence-corrected chi connectivity index (χ4v) is 2.17. The first-order valence-corrected chi connectivity index (χ1v) is 7.31. The van der Waals surface area contributed by atoms with Gasteiger partial charge in [-0.1, -0.05) is 0 Å². The molecular weight excluding hydrogens is 296 g/mol. The highest BCUT2D eigenvalue weighted by Gasteiger charge is 2.15. The van der Waals surface area contributed by atoms with Crippen molar-refractivity contribution in [1.82, 2.24) is 4.90 Å². The summed E-state index contributed by atoms with van der Waals surface area (Å²) in [6, 6.07) is 6.63. The standard InChI is InChI=1S/C17H20N2O4/c1-4-19(10-13-7-8-23-11-13)17(21)18-15-6-5-14(9-12(15)2)16(20)22-3/h5-9,11H,4,10H2,1-3H3,(H,18,21). The molecule has 2 rings (SSSR count). The van der Waals surface area contributed by atoms with Crippen molar-refractivity contribution in [3.63, 3.8) is 0 Å². The van der Waals surface area contributed by atoms with Gasteiger partial charge in [0.25, 0.3) is 0 Å². The molecule has 0 aliphatic heterocycles. The lowest BCUT2D eigenvalue weighted by atomic mass is 10.1. The first-order valence-electron chi connectivity index (χ1n) is 7.31. The van der Waals surface area contributed by atoms with Crippen LogP contribution in [0.25, 0.3) is 0 Å². The summed E-state index contributed by atoms with van der Waals surface area (Å²) >= 11 is 0. The maximum absolute atomic E-state index is 12.4. The second-order valence-corrected chi connectivity index (χ2v) is 5.10. The van der Waals surface area contributed by atoms with Crippen molar-refractivity contribution in [1.29, 1.82) is 0 Å². The number of benzene rings is 1. The summed E-state index contributed by atoms with van der Waals surface area (Å²) in [5.74, 6) is -0.402. The van der Waals surface area contributed by atoms with E-state index in [1.54, 1.807) is 35.6 Å². The number of ether oxygens (including phenoxy) is 1. The van der Waals surface area contributed by atoms with E-state index in [1.807, 2.05) is 19.9 Å². The SMILES string of the molecule is CCN(Cc1ccoc1)C(=O)Nc1ccc(C(=O)OC)cc1C. The van der Waals surface area contributed by atoms with E-state index in [4.69, 9.17) is 4.42 Å². The summed E-state index contributed by atoms with van der Waals surface area (Å²) in [7, 11) is 1.34. The molecule has 0 spiro atoms. The van der Waals surface area contributed by atoms with E-state index < -0.39 is 5.97 Å². The third-order valence-electron chi connectivity index (χ3n) is 3.51. The number of amides is 2. The molecule has 0 aliphatic carbocycles. The van der Waals surface area contributed by atoms with Gasteiger partial charge in [-0.15, -0.1) is 0 Å². The highest BCUT2D eigenvalue weighted by molar-refractivity contribution is 5.93. The average molecular weight is 316 g/mol. The summed E-state index contributed by atoms with van der Waals surface area (Å²) < 4.78 is 9.70. The maximum atomic E-state index is 12.4. The molecule has 0 saturated carbocycles. The van der Waals surface area contributed by atoms with Crippen molar-refractivity contribution < 1.29 is 18.7 Å². The minimum absolute atomic E-state index is 0.206. The summed E-state index contributed by atoms with van der Waals surface area (Å²) in [6.45, 7) is 4.77. The maximum Gasteiger partial charge on any atom is 0.337 e. The molecule has 0 unspecified atom stereocenters. The lowest BCUT2D eigenvalue weighted by Crippen LogP contribution is -2.34. The zero-order valence-electron chi connectivity index (χ0n) is 13.5. The van der Waals surface area contributed by atoms with E-state index in [0.717, 1.165) is 11.1 Å². The quantitative estimate of drug-likeness (QED) is 0.858. The molecule has 0 fully saturated rings. The van der Waals surface area contributed by atoms with Crippen LogP contribution in [0.15, 0.2) is 41.2 Å². The van der Waals surface area contributed by atoms with E-state index in [2.05, 4.69) is 10.1 Å². The van der Waals surface area contributed by atoms with Gasteiger partial charge in [-0.05, 0) is 43.7 Å². The molecule has 0 aliphatic rings. The molecule has 2 amide bonds. The van der Waals surface area contributed by atoms with Gasteiger partial charge in [0.2, 0.25) is 0 Å². The predicted octanol–water partition coefficient (Wildman–Crippen LogP) is 3.43. The third-order valence-corrected chi connectivity index (χ3v) is 3.51.